The SMILES string of the molecule is Cl.O=C(Nc1cccc(C(F)F)c1)C1COCCN1. The maximum absolute atomic E-state index is 12.5. The van der Waals surface area contributed by atoms with Gasteiger partial charge in [-0.15, -0.1) is 12.4 Å². The number of anilines is 1. The molecule has 4 nitrogen and oxygen atoms in total. The zero-order valence-corrected chi connectivity index (χ0v) is 10.9. The van der Waals surface area contributed by atoms with Crippen LogP contribution in [0.15, 0.2) is 24.3 Å². The van der Waals surface area contributed by atoms with Gasteiger partial charge in [-0.2, -0.15) is 0 Å². The van der Waals surface area contributed by atoms with Crippen LogP contribution in [0.2, 0.25) is 0 Å². The molecule has 1 unspecified atom stereocenters. The lowest BCUT2D eigenvalue weighted by atomic mass is 10.2. The van der Waals surface area contributed by atoms with Crippen molar-refractivity contribution in [1.29, 1.82) is 0 Å². The highest BCUT2D eigenvalue weighted by Crippen LogP contribution is 2.21. The van der Waals surface area contributed by atoms with Crippen LogP contribution in [0.4, 0.5) is 14.5 Å². The van der Waals surface area contributed by atoms with Crippen LogP contribution < -0.4 is 10.6 Å². The predicted octanol–water partition coefficient (Wildman–Crippen LogP) is 1.97. The van der Waals surface area contributed by atoms with E-state index in [4.69, 9.17) is 4.74 Å². The third-order valence-electron chi connectivity index (χ3n) is 2.64. The van der Waals surface area contributed by atoms with Gasteiger partial charge in [0.25, 0.3) is 6.43 Å². The summed E-state index contributed by atoms with van der Waals surface area (Å²) in [7, 11) is 0. The molecule has 1 aromatic carbocycles. The fourth-order valence-electron chi connectivity index (χ4n) is 1.72. The first kappa shape index (κ1) is 15.8. The number of amides is 1. The normalized spacial score (nSPS) is 18.8. The minimum atomic E-state index is -2.54. The van der Waals surface area contributed by atoms with E-state index in [2.05, 4.69) is 10.6 Å². The Hall–Kier alpha value is -1.24. The zero-order chi connectivity index (χ0) is 13.0. The molecule has 1 amide bonds. The van der Waals surface area contributed by atoms with E-state index in [1.165, 1.54) is 18.2 Å². The molecule has 2 N–H and O–H groups in total. The monoisotopic (exact) mass is 292 g/mol. The summed E-state index contributed by atoms with van der Waals surface area (Å²) in [5.74, 6) is -0.277. The molecule has 0 bridgehead atoms. The van der Waals surface area contributed by atoms with E-state index in [0.717, 1.165) is 0 Å². The van der Waals surface area contributed by atoms with Gasteiger partial charge < -0.3 is 15.4 Å². The Balaban J connectivity index is 0.00000180. The van der Waals surface area contributed by atoms with Crippen LogP contribution in [0.1, 0.15) is 12.0 Å². The van der Waals surface area contributed by atoms with Gasteiger partial charge in [-0.25, -0.2) is 8.78 Å². The zero-order valence-electron chi connectivity index (χ0n) is 10.1. The van der Waals surface area contributed by atoms with Crippen LogP contribution in [-0.2, 0) is 9.53 Å². The highest BCUT2D eigenvalue weighted by molar-refractivity contribution is 5.95. The van der Waals surface area contributed by atoms with Crippen molar-refractivity contribution in [2.75, 3.05) is 25.1 Å². The van der Waals surface area contributed by atoms with Crippen molar-refractivity contribution in [3.05, 3.63) is 29.8 Å². The lowest BCUT2D eigenvalue weighted by Gasteiger charge is -2.22. The smallest absolute Gasteiger partial charge is 0.263 e. The summed E-state index contributed by atoms with van der Waals surface area (Å²) >= 11 is 0. The van der Waals surface area contributed by atoms with E-state index in [9.17, 15) is 13.6 Å². The lowest BCUT2D eigenvalue weighted by Crippen LogP contribution is -2.48. The molecule has 0 aromatic heterocycles. The standard InChI is InChI=1S/C12H14F2N2O2.ClH/c13-11(14)8-2-1-3-9(6-8)16-12(17)10-7-18-5-4-15-10;/h1-3,6,10-11,15H,4-5,7H2,(H,16,17);1H. The number of benzene rings is 1. The molecule has 1 heterocycles. The Morgan fingerprint density at radius 2 is 2.26 bits per heavy atom. The van der Waals surface area contributed by atoms with Crippen LogP contribution in [0.5, 0.6) is 0 Å². The third kappa shape index (κ3) is 4.41. The molecular formula is C12H15ClF2N2O2. The molecule has 1 saturated heterocycles. The average Bonchev–Trinajstić information content (AvgIpc) is 2.40. The fraction of sp³-hybridized carbons (Fsp3) is 0.417. The first-order valence-corrected chi connectivity index (χ1v) is 5.67. The lowest BCUT2D eigenvalue weighted by molar-refractivity contribution is -0.120. The Labute approximate surface area is 115 Å². The summed E-state index contributed by atoms with van der Waals surface area (Å²) in [6.07, 6.45) is -2.54. The Morgan fingerprint density at radius 1 is 1.47 bits per heavy atom. The second kappa shape index (κ2) is 7.37. The number of rotatable bonds is 3. The first-order chi connectivity index (χ1) is 8.66. The van der Waals surface area contributed by atoms with Crippen LogP contribution in [0.3, 0.4) is 0 Å². The van der Waals surface area contributed by atoms with E-state index in [1.807, 2.05) is 0 Å². The molecule has 0 spiro atoms. The van der Waals surface area contributed by atoms with E-state index in [0.29, 0.717) is 25.4 Å². The maximum atomic E-state index is 12.5. The number of hydrogen-bond donors (Lipinski definition) is 2. The molecule has 1 aromatic rings. The van der Waals surface area contributed by atoms with E-state index >= 15 is 0 Å². The summed E-state index contributed by atoms with van der Waals surface area (Å²) < 4.78 is 30.1. The number of carbonyl (C=O) groups is 1. The molecule has 0 saturated carbocycles. The largest absolute Gasteiger partial charge is 0.378 e. The van der Waals surface area contributed by atoms with Crippen molar-refractivity contribution < 1.29 is 18.3 Å². The molecule has 2 rings (SSSR count). The average molecular weight is 293 g/mol. The third-order valence-corrected chi connectivity index (χ3v) is 2.64. The molecule has 7 heteroatoms. The van der Waals surface area contributed by atoms with E-state index in [1.54, 1.807) is 6.07 Å². The van der Waals surface area contributed by atoms with Crippen LogP contribution >= 0.6 is 12.4 Å². The quantitative estimate of drug-likeness (QED) is 0.895. The second-order valence-corrected chi connectivity index (χ2v) is 4.00. The molecule has 106 valence electrons. The summed E-state index contributed by atoms with van der Waals surface area (Å²) in [6, 6.07) is 5.22. The predicted molar refractivity (Wildman–Crippen MR) is 69.9 cm³/mol. The van der Waals surface area contributed by atoms with Gasteiger partial charge in [-0.3, -0.25) is 4.79 Å². The number of alkyl halides is 2. The Kier molecular flexibility index (Phi) is 6.14. The summed E-state index contributed by atoms with van der Waals surface area (Å²) in [5.41, 5.74) is 0.255. The van der Waals surface area contributed by atoms with Crippen molar-refractivity contribution in [1.82, 2.24) is 5.32 Å². The number of nitrogens with one attached hydrogen (secondary N) is 2. The highest BCUT2D eigenvalue weighted by atomic mass is 35.5. The van der Waals surface area contributed by atoms with Gasteiger partial charge in [-0.05, 0) is 12.1 Å². The summed E-state index contributed by atoms with van der Waals surface area (Å²) in [6.45, 7) is 1.47. The van der Waals surface area contributed by atoms with E-state index < -0.39 is 12.5 Å². The van der Waals surface area contributed by atoms with Crippen molar-refractivity contribution >= 4 is 24.0 Å². The van der Waals surface area contributed by atoms with E-state index in [-0.39, 0.29) is 23.9 Å². The Morgan fingerprint density at radius 3 is 2.89 bits per heavy atom. The number of hydrogen-bond acceptors (Lipinski definition) is 3. The summed E-state index contributed by atoms with van der Waals surface area (Å²) in [4.78, 5) is 11.8. The molecule has 1 fully saturated rings. The molecule has 19 heavy (non-hydrogen) atoms. The molecule has 1 atom stereocenters. The molecule has 0 aliphatic carbocycles. The highest BCUT2D eigenvalue weighted by Gasteiger charge is 2.21. The van der Waals surface area contributed by atoms with Crippen molar-refractivity contribution in [3.63, 3.8) is 0 Å². The molecular weight excluding hydrogens is 278 g/mol. The van der Waals surface area contributed by atoms with Crippen molar-refractivity contribution in [3.8, 4) is 0 Å². The topological polar surface area (TPSA) is 50.4 Å². The van der Waals surface area contributed by atoms with Gasteiger partial charge in [0.15, 0.2) is 0 Å². The minimum absolute atomic E-state index is 0. The molecule has 0 radical (unpaired) electrons. The van der Waals surface area contributed by atoms with Crippen molar-refractivity contribution in [2.24, 2.45) is 0 Å². The second-order valence-electron chi connectivity index (χ2n) is 4.00. The number of halogens is 3. The van der Waals surface area contributed by atoms with Gasteiger partial charge in [-0.1, -0.05) is 12.1 Å². The minimum Gasteiger partial charge on any atom is -0.378 e. The number of carbonyl (C=O) groups excluding carboxylic acids is 1. The van der Waals surface area contributed by atoms with Gasteiger partial charge in [0.2, 0.25) is 5.91 Å². The van der Waals surface area contributed by atoms with Gasteiger partial charge in [0.1, 0.15) is 6.04 Å². The van der Waals surface area contributed by atoms with Crippen molar-refractivity contribution in [2.45, 2.75) is 12.5 Å². The van der Waals surface area contributed by atoms with Gasteiger partial charge >= 0.3 is 0 Å². The first-order valence-electron chi connectivity index (χ1n) is 5.67. The van der Waals surface area contributed by atoms with Gasteiger partial charge in [0.05, 0.1) is 13.2 Å². The molecule has 1 aliphatic rings. The Bertz CT molecular complexity index is 426. The molecule has 1 aliphatic heterocycles. The van der Waals surface area contributed by atoms with Gasteiger partial charge in [0, 0.05) is 17.8 Å². The maximum Gasteiger partial charge on any atom is 0.263 e. The van der Waals surface area contributed by atoms with Crippen LogP contribution in [0.25, 0.3) is 0 Å². The van der Waals surface area contributed by atoms with Crippen LogP contribution in [0, 0.1) is 0 Å². The number of ether oxygens (including phenoxy) is 1. The number of morpholine rings is 1. The summed E-state index contributed by atoms with van der Waals surface area (Å²) in [5, 5.41) is 5.58. The van der Waals surface area contributed by atoms with Crippen LogP contribution in [-0.4, -0.2) is 31.7 Å². The fourth-order valence-corrected chi connectivity index (χ4v) is 1.72.